The highest BCUT2D eigenvalue weighted by atomic mass is 35.5. The Morgan fingerprint density at radius 3 is 2.48 bits per heavy atom. The Bertz CT molecular complexity index is 1070. The molecule has 2 heterocycles. The number of nitrogens with zero attached hydrogens (tertiary/aromatic N) is 1. The Balaban J connectivity index is 1.63. The maximum Gasteiger partial charge on any atom is 0.257 e. The van der Waals surface area contributed by atoms with Crippen molar-refractivity contribution in [1.29, 1.82) is 0 Å². The second-order valence-electron chi connectivity index (χ2n) is 6.30. The summed E-state index contributed by atoms with van der Waals surface area (Å²) in [5, 5.41) is 2.66. The summed E-state index contributed by atoms with van der Waals surface area (Å²) < 4.78 is 42.9. The number of benzene rings is 2. The molecule has 0 atom stereocenters. The van der Waals surface area contributed by atoms with Gasteiger partial charge in [-0.05, 0) is 24.3 Å². The van der Waals surface area contributed by atoms with Crippen molar-refractivity contribution in [3.05, 3.63) is 45.9 Å². The number of morpholine rings is 1. The molecule has 1 N–H and O–H groups in total. The van der Waals surface area contributed by atoms with E-state index in [0.717, 1.165) is 0 Å². The summed E-state index contributed by atoms with van der Waals surface area (Å²) >= 11 is 12.3. The smallest absolute Gasteiger partial charge is 0.257 e. The van der Waals surface area contributed by atoms with Gasteiger partial charge in [-0.15, -0.1) is 0 Å². The number of fused-ring (bicyclic) bond motifs is 1. The second-order valence-corrected chi connectivity index (χ2v) is 9.02. The molecule has 4 rings (SSSR count). The molecule has 2 aliphatic heterocycles. The molecule has 11 heteroatoms. The molecular formula is C18H16Cl2N2O6S. The van der Waals surface area contributed by atoms with E-state index in [-0.39, 0.29) is 40.4 Å². The molecule has 1 amide bonds. The molecule has 1 saturated heterocycles. The van der Waals surface area contributed by atoms with E-state index < -0.39 is 15.9 Å². The number of carbonyl (C=O) groups excluding carboxylic acids is 1. The van der Waals surface area contributed by atoms with E-state index in [9.17, 15) is 13.2 Å². The number of carbonyl (C=O) groups is 1. The zero-order valence-electron chi connectivity index (χ0n) is 15.0. The van der Waals surface area contributed by atoms with E-state index in [1.165, 1.54) is 16.4 Å². The predicted octanol–water partition coefficient (Wildman–Crippen LogP) is 3.00. The van der Waals surface area contributed by atoms with Crippen LogP contribution in [-0.2, 0) is 14.8 Å². The lowest BCUT2D eigenvalue weighted by Gasteiger charge is -2.26. The molecule has 0 radical (unpaired) electrons. The van der Waals surface area contributed by atoms with Crippen molar-refractivity contribution in [3.8, 4) is 11.5 Å². The second kappa shape index (κ2) is 8.00. The lowest BCUT2D eigenvalue weighted by atomic mass is 10.2. The molecule has 0 unspecified atom stereocenters. The summed E-state index contributed by atoms with van der Waals surface area (Å²) in [7, 11) is -3.90. The molecule has 0 saturated carbocycles. The molecular weight excluding hydrogens is 443 g/mol. The number of hydrogen-bond donors (Lipinski definition) is 1. The van der Waals surface area contributed by atoms with Crippen molar-refractivity contribution >= 4 is 44.8 Å². The van der Waals surface area contributed by atoms with Crippen LogP contribution >= 0.6 is 23.2 Å². The summed E-state index contributed by atoms with van der Waals surface area (Å²) in [5.41, 5.74) is 0.434. The minimum Gasteiger partial charge on any atom is -0.454 e. The summed E-state index contributed by atoms with van der Waals surface area (Å²) in [6, 6.07) is 7.36. The van der Waals surface area contributed by atoms with Crippen molar-refractivity contribution in [2.24, 2.45) is 0 Å². The molecule has 2 aromatic rings. The van der Waals surface area contributed by atoms with E-state index >= 15 is 0 Å². The summed E-state index contributed by atoms with van der Waals surface area (Å²) in [5.74, 6) is 0.496. The van der Waals surface area contributed by atoms with Gasteiger partial charge >= 0.3 is 0 Å². The van der Waals surface area contributed by atoms with Crippen molar-refractivity contribution < 1.29 is 27.4 Å². The Morgan fingerprint density at radius 1 is 1.00 bits per heavy atom. The molecule has 0 spiro atoms. The zero-order chi connectivity index (χ0) is 20.6. The number of halogens is 2. The molecule has 0 bridgehead atoms. The molecule has 0 aromatic heterocycles. The minimum absolute atomic E-state index is 0.0134. The van der Waals surface area contributed by atoms with Gasteiger partial charge in [0.2, 0.25) is 16.8 Å². The van der Waals surface area contributed by atoms with Gasteiger partial charge in [0.15, 0.2) is 11.5 Å². The van der Waals surface area contributed by atoms with Gasteiger partial charge in [0.1, 0.15) is 4.90 Å². The largest absolute Gasteiger partial charge is 0.454 e. The lowest BCUT2D eigenvalue weighted by molar-refractivity contribution is 0.0730. The number of amides is 1. The number of ether oxygens (including phenoxy) is 3. The van der Waals surface area contributed by atoms with Gasteiger partial charge in [-0.1, -0.05) is 23.2 Å². The number of anilines is 1. The fraction of sp³-hybridized carbons (Fsp3) is 0.278. The van der Waals surface area contributed by atoms with Crippen LogP contribution in [0.5, 0.6) is 11.5 Å². The molecule has 0 aliphatic carbocycles. The van der Waals surface area contributed by atoms with E-state index in [0.29, 0.717) is 30.4 Å². The first-order chi connectivity index (χ1) is 13.9. The van der Waals surface area contributed by atoms with E-state index in [4.69, 9.17) is 37.4 Å². The summed E-state index contributed by atoms with van der Waals surface area (Å²) in [6.07, 6.45) is 0. The van der Waals surface area contributed by atoms with Crippen molar-refractivity contribution in [3.63, 3.8) is 0 Å². The van der Waals surface area contributed by atoms with Crippen molar-refractivity contribution in [2.75, 3.05) is 38.4 Å². The van der Waals surface area contributed by atoms with Crippen molar-refractivity contribution in [1.82, 2.24) is 4.31 Å². The third-order valence-corrected chi connectivity index (χ3v) is 7.16. The monoisotopic (exact) mass is 458 g/mol. The Labute approximate surface area is 177 Å². The van der Waals surface area contributed by atoms with Crippen LogP contribution in [0.2, 0.25) is 10.0 Å². The Hall–Kier alpha value is -2.04. The van der Waals surface area contributed by atoms with Gasteiger partial charge < -0.3 is 19.5 Å². The molecule has 2 aromatic carbocycles. The van der Waals surface area contributed by atoms with Crippen LogP contribution < -0.4 is 14.8 Å². The van der Waals surface area contributed by atoms with Gasteiger partial charge in [-0.2, -0.15) is 4.31 Å². The van der Waals surface area contributed by atoms with Crippen LogP contribution in [0.3, 0.4) is 0 Å². The number of nitrogens with one attached hydrogen (secondary N) is 1. The van der Waals surface area contributed by atoms with Gasteiger partial charge in [-0.25, -0.2) is 8.42 Å². The van der Waals surface area contributed by atoms with Crippen LogP contribution in [0, 0.1) is 0 Å². The van der Waals surface area contributed by atoms with Crippen molar-refractivity contribution in [2.45, 2.75) is 4.90 Å². The van der Waals surface area contributed by atoms with E-state index in [1.807, 2.05) is 0 Å². The third kappa shape index (κ3) is 4.01. The summed E-state index contributed by atoms with van der Waals surface area (Å²) in [6.45, 7) is 1.11. The first-order valence-electron chi connectivity index (χ1n) is 8.64. The van der Waals surface area contributed by atoms with E-state index in [2.05, 4.69) is 5.32 Å². The van der Waals surface area contributed by atoms with Gasteiger partial charge in [-0.3, -0.25) is 4.79 Å². The van der Waals surface area contributed by atoms with Crippen LogP contribution in [0.4, 0.5) is 5.69 Å². The van der Waals surface area contributed by atoms with Gasteiger partial charge in [0.25, 0.3) is 5.91 Å². The van der Waals surface area contributed by atoms with E-state index in [1.54, 1.807) is 18.2 Å². The fourth-order valence-corrected chi connectivity index (χ4v) is 5.24. The van der Waals surface area contributed by atoms with Crippen LogP contribution in [0.25, 0.3) is 0 Å². The minimum atomic E-state index is -3.90. The highest BCUT2D eigenvalue weighted by Gasteiger charge is 2.30. The fourth-order valence-electron chi connectivity index (χ4n) is 3.00. The highest BCUT2D eigenvalue weighted by molar-refractivity contribution is 7.89. The van der Waals surface area contributed by atoms with Gasteiger partial charge in [0, 0.05) is 24.8 Å². The number of sulfonamides is 1. The third-order valence-electron chi connectivity index (χ3n) is 4.48. The van der Waals surface area contributed by atoms with Crippen LogP contribution in [0.15, 0.2) is 35.2 Å². The zero-order valence-corrected chi connectivity index (χ0v) is 17.3. The molecule has 29 heavy (non-hydrogen) atoms. The normalized spacial score (nSPS) is 16.6. The predicted molar refractivity (Wildman–Crippen MR) is 107 cm³/mol. The number of hydrogen-bond acceptors (Lipinski definition) is 6. The molecule has 1 fully saturated rings. The Morgan fingerprint density at radius 2 is 1.72 bits per heavy atom. The maximum atomic E-state index is 13.0. The Kier molecular flexibility index (Phi) is 5.58. The maximum absolute atomic E-state index is 13.0. The average molecular weight is 459 g/mol. The van der Waals surface area contributed by atoms with Crippen LogP contribution in [-0.4, -0.2) is 51.7 Å². The quantitative estimate of drug-likeness (QED) is 0.756. The average Bonchev–Trinajstić information content (AvgIpc) is 3.16. The molecule has 154 valence electrons. The lowest BCUT2D eigenvalue weighted by Crippen LogP contribution is -2.40. The number of rotatable bonds is 4. The molecule has 8 nitrogen and oxygen atoms in total. The SMILES string of the molecule is O=C(Nc1ccc2c(c1)OCO2)c1cc(S(=O)(=O)N2CCOCC2)c(Cl)cc1Cl. The topological polar surface area (TPSA) is 94.2 Å². The first-order valence-corrected chi connectivity index (χ1v) is 10.8. The standard InChI is InChI=1S/C18H16Cl2N2O6S/c19-13-9-14(20)17(29(24,25)22-3-5-26-6-4-22)8-12(13)18(23)21-11-1-2-15-16(7-11)28-10-27-15/h1-2,7-9H,3-6,10H2,(H,21,23). The first kappa shape index (κ1) is 20.2. The van der Waals surface area contributed by atoms with Gasteiger partial charge in [0.05, 0.1) is 28.8 Å². The summed E-state index contributed by atoms with van der Waals surface area (Å²) in [4.78, 5) is 12.6. The van der Waals surface area contributed by atoms with Crippen LogP contribution in [0.1, 0.15) is 10.4 Å². The molecule has 2 aliphatic rings. The highest BCUT2D eigenvalue weighted by Crippen LogP contribution is 2.35.